The number of aryl methyl sites for hydroxylation is 1. The van der Waals surface area contributed by atoms with Crippen LogP contribution in [0.15, 0.2) is 42.5 Å². The number of aliphatic hydroxyl groups excluding tert-OH is 1. The standard InChI is InChI=1S/C17H17IO2/c1-11-4-2-7-15(16(11)18)17(19)12-5-3-6-14(10-12)20-13-8-9-13/h2-7,10,13,17,19H,8-9H2,1H3. The van der Waals surface area contributed by atoms with Gasteiger partial charge in [0.25, 0.3) is 0 Å². The van der Waals surface area contributed by atoms with Gasteiger partial charge < -0.3 is 9.84 Å². The molecule has 0 aliphatic heterocycles. The lowest BCUT2D eigenvalue weighted by molar-refractivity contribution is 0.218. The molecule has 0 radical (unpaired) electrons. The Kier molecular flexibility index (Phi) is 3.98. The van der Waals surface area contributed by atoms with Gasteiger partial charge in [-0.3, -0.25) is 0 Å². The summed E-state index contributed by atoms with van der Waals surface area (Å²) in [7, 11) is 0. The maximum atomic E-state index is 10.6. The minimum atomic E-state index is -0.607. The van der Waals surface area contributed by atoms with Gasteiger partial charge in [-0.1, -0.05) is 30.3 Å². The average molecular weight is 380 g/mol. The first-order valence-corrected chi connectivity index (χ1v) is 7.92. The first kappa shape index (κ1) is 13.9. The molecule has 20 heavy (non-hydrogen) atoms. The average Bonchev–Trinajstić information content (AvgIpc) is 3.25. The van der Waals surface area contributed by atoms with Gasteiger partial charge in [0.15, 0.2) is 0 Å². The molecule has 0 aromatic heterocycles. The molecule has 1 atom stereocenters. The van der Waals surface area contributed by atoms with E-state index in [4.69, 9.17) is 4.74 Å². The van der Waals surface area contributed by atoms with Gasteiger partial charge in [0.2, 0.25) is 0 Å². The molecule has 104 valence electrons. The number of rotatable bonds is 4. The highest BCUT2D eigenvalue weighted by Crippen LogP contribution is 2.32. The van der Waals surface area contributed by atoms with Crippen LogP contribution in [-0.4, -0.2) is 11.2 Å². The lowest BCUT2D eigenvalue weighted by atomic mass is 10.00. The van der Waals surface area contributed by atoms with Crippen molar-refractivity contribution in [3.8, 4) is 5.75 Å². The van der Waals surface area contributed by atoms with Crippen LogP contribution in [-0.2, 0) is 0 Å². The molecule has 1 N–H and O–H groups in total. The molecule has 1 aliphatic carbocycles. The fraction of sp³-hybridized carbons (Fsp3) is 0.294. The van der Waals surface area contributed by atoms with E-state index in [0.29, 0.717) is 6.10 Å². The fourth-order valence-electron chi connectivity index (χ4n) is 2.20. The molecule has 0 saturated heterocycles. The van der Waals surface area contributed by atoms with Crippen molar-refractivity contribution < 1.29 is 9.84 Å². The molecule has 3 heteroatoms. The molecule has 1 unspecified atom stereocenters. The Morgan fingerprint density at radius 3 is 2.70 bits per heavy atom. The van der Waals surface area contributed by atoms with Crippen molar-refractivity contribution >= 4 is 22.6 Å². The van der Waals surface area contributed by atoms with E-state index in [1.54, 1.807) is 0 Å². The molecule has 0 heterocycles. The molecule has 2 aromatic rings. The van der Waals surface area contributed by atoms with Crippen molar-refractivity contribution in [2.75, 3.05) is 0 Å². The molecule has 1 fully saturated rings. The van der Waals surface area contributed by atoms with Gasteiger partial charge in [-0.2, -0.15) is 0 Å². The Bertz CT molecular complexity index is 620. The van der Waals surface area contributed by atoms with Gasteiger partial charge in [-0.15, -0.1) is 0 Å². The third-order valence-electron chi connectivity index (χ3n) is 3.52. The third-order valence-corrected chi connectivity index (χ3v) is 4.99. The highest BCUT2D eigenvalue weighted by Gasteiger charge is 2.24. The summed E-state index contributed by atoms with van der Waals surface area (Å²) in [5, 5.41) is 10.6. The predicted molar refractivity (Wildman–Crippen MR) is 88.0 cm³/mol. The van der Waals surface area contributed by atoms with Crippen molar-refractivity contribution in [2.24, 2.45) is 0 Å². The SMILES string of the molecule is Cc1cccc(C(O)c2cccc(OC3CC3)c2)c1I. The second-order valence-corrected chi connectivity index (χ2v) is 6.35. The zero-order valence-corrected chi connectivity index (χ0v) is 13.5. The summed E-state index contributed by atoms with van der Waals surface area (Å²) in [6, 6.07) is 13.8. The van der Waals surface area contributed by atoms with Gasteiger partial charge in [-0.05, 0) is 71.2 Å². The summed E-state index contributed by atoms with van der Waals surface area (Å²) in [5.41, 5.74) is 3.02. The third kappa shape index (κ3) is 2.99. The zero-order chi connectivity index (χ0) is 14.1. The van der Waals surface area contributed by atoms with E-state index >= 15 is 0 Å². The second kappa shape index (κ2) is 5.74. The Morgan fingerprint density at radius 1 is 1.20 bits per heavy atom. The topological polar surface area (TPSA) is 29.5 Å². The van der Waals surface area contributed by atoms with Gasteiger partial charge in [-0.25, -0.2) is 0 Å². The molecule has 1 aliphatic rings. The second-order valence-electron chi connectivity index (χ2n) is 5.27. The Hall–Kier alpha value is -1.07. The predicted octanol–water partition coefficient (Wildman–Crippen LogP) is 4.22. The largest absolute Gasteiger partial charge is 0.490 e. The quantitative estimate of drug-likeness (QED) is 0.805. The number of aliphatic hydroxyl groups is 1. The van der Waals surface area contributed by atoms with Crippen molar-refractivity contribution in [3.63, 3.8) is 0 Å². The zero-order valence-electron chi connectivity index (χ0n) is 11.3. The molecule has 2 nitrogen and oxygen atoms in total. The summed E-state index contributed by atoms with van der Waals surface area (Å²) in [6.45, 7) is 2.06. The Morgan fingerprint density at radius 2 is 1.95 bits per heavy atom. The molecule has 2 aromatic carbocycles. The van der Waals surface area contributed by atoms with Gasteiger partial charge in [0.1, 0.15) is 11.9 Å². The van der Waals surface area contributed by atoms with Crippen LogP contribution in [0.5, 0.6) is 5.75 Å². The van der Waals surface area contributed by atoms with Gasteiger partial charge in [0, 0.05) is 3.57 Å². The van der Waals surface area contributed by atoms with Crippen LogP contribution in [0, 0.1) is 10.5 Å². The van der Waals surface area contributed by atoms with E-state index < -0.39 is 6.10 Å². The smallest absolute Gasteiger partial charge is 0.120 e. The lowest BCUT2D eigenvalue weighted by Gasteiger charge is -2.16. The van der Waals surface area contributed by atoms with E-state index in [1.807, 2.05) is 36.4 Å². The molecule has 0 amide bonds. The van der Waals surface area contributed by atoms with E-state index in [0.717, 1.165) is 33.3 Å². The van der Waals surface area contributed by atoms with Gasteiger partial charge >= 0.3 is 0 Å². The van der Waals surface area contributed by atoms with Crippen molar-refractivity contribution in [2.45, 2.75) is 32.0 Å². The number of halogens is 1. The van der Waals surface area contributed by atoms with Crippen LogP contribution in [0.1, 0.15) is 35.6 Å². The van der Waals surface area contributed by atoms with E-state index in [2.05, 4.69) is 35.6 Å². The van der Waals surface area contributed by atoms with Gasteiger partial charge in [0.05, 0.1) is 6.10 Å². The van der Waals surface area contributed by atoms with Crippen molar-refractivity contribution in [1.82, 2.24) is 0 Å². The highest BCUT2D eigenvalue weighted by molar-refractivity contribution is 14.1. The molecular formula is C17H17IO2. The molecule has 3 rings (SSSR count). The summed E-state index contributed by atoms with van der Waals surface area (Å²) in [5.74, 6) is 0.853. The fourth-order valence-corrected chi connectivity index (χ4v) is 2.85. The maximum Gasteiger partial charge on any atom is 0.120 e. The molecule has 1 saturated carbocycles. The minimum Gasteiger partial charge on any atom is -0.490 e. The summed E-state index contributed by atoms with van der Waals surface area (Å²) in [4.78, 5) is 0. The van der Waals surface area contributed by atoms with Crippen LogP contribution in [0.2, 0.25) is 0 Å². The summed E-state index contributed by atoms with van der Waals surface area (Å²) >= 11 is 2.29. The van der Waals surface area contributed by atoms with Crippen LogP contribution >= 0.6 is 22.6 Å². The highest BCUT2D eigenvalue weighted by atomic mass is 127. The monoisotopic (exact) mass is 380 g/mol. The number of hydrogen-bond donors (Lipinski definition) is 1. The first-order valence-electron chi connectivity index (χ1n) is 6.85. The van der Waals surface area contributed by atoms with Crippen molar-refractivity contribution in [3.05, 3.63) is 62.7 Å². The van der Waals surface area contributed by atoms with Crippen LogP contribution in [0.25, 0.3) is 0 Å². The molecule has 0 bridgehead atoms. The Balaban J connectivity index is 1.89. The van der Waals surface area contributed by atoms with E-state index in [-0.39, 0.29) is 0 Å². The summed E-state index contributed by atoms with van der Waals surface area (Å²) in [6.07, 6.45) is 2.05. The van der Waals surface area contributed by atoms with Crippen LogP contribution in [0.4, 0.5) is 0 Å². The first-order chi connectivity index (χ1) is 9.65. The maximum absolute atomic E-state index is 10.6. The van der Waals surface area contributed by atoms with E-state index in [1.165, 1.54) is 5.56 Å². The van der Waals surface area contributed by atoms with Crippen LogP contribution < -0.4 is 4.74 Å². The Labute approximate surface area is 132 Å². The van der Waals surface area contributed by atoms with Crippen LogP contribution in [0.3, 0.4) is 0 Å². The van der Waals surface area contributed by atoms with E-state index in [9.17, 15) is 5.11 Å². The number of benzene rings is 2. The normalized spacial score (nSPS) is 15.9. The number of hydrogen-bond acceptors (Lipinski definition) is 2. The molecular weight excluding hydrogens is 363 g/mol. The number of ether oxygens (including phenoxy) is 1. The lowest BCUT2D eigenvalue weighted by Crippen LogP contribution is -2.04. The minimum absolute atomic E-state index is 0.376. The summed E-state index contributed by atoms with van der Waals surface area (Å²) < 4.78 is 6.91. The molecule has 0 spiro atoms. The van der Waals surface area contributed by atoms with Crippen molar-refractivity contribution in [1.29, 1.82) is 0 Å².